The topological polar surface area (TPSA) is 229 Å². The lowest BCUT2D eigenvalue weighted by atomic mass is 9.85. The van der Waals surface area contributed by atoms with Gasteiger partial charge in [-0.05, 0) is 85.0 Å². The molecule has 3 aliphatic rings. The van der Waals surface area contributed by atoms with Crippen LogP contribution in [0.2, 0.25) is 0 Å². The molecule has 7 atom stereocenters. The Bertz CT molecular complexity index is 2910. The highest BCUT2D eigenvalue weighted by atomic mass is 32.1. The number of aliphatic hydroxyl groups excluding tert-OH is 1. The van der Waals surface area contributed by atoms with Crippen molar-refractivity contribution in [1.82, 2.24) is 40.6 Å². The minimum Gasteiger partial charge on any atom is -0.488 e. The van der Waals surface area contributed by atoms with Crippen molar-refractivity contribution in [2.45, 2.75) is 137 Å². The van der Waals surface area contributed by atoms with Crippen LogP contribution in [0.5, 0.6) is 5.75 Å². The van der Waals surface area contributed by atoms with Gasteiger partial charge in [0.05, 0.1) is 50.9 Å². The zero-order valence-electron chi connectivity index (χ0n) is 43.4. The molecule has 2 aromatic heterocycles. The number of rotatable bonds is 16. The fraction of sp³-hybridized carbons (Fsp3) is 0.455. The van der Waals surface area contributed by atoms with E-state index in [2.05, 4.69) is 25.9 Å². The lowest BCUT2D eigenvalue weighted by Gasteiger charge is -2.39. The minimum atomic E-state index is -1.39. The maximum Gasteiger partial charge on any atom is 0.255 e. The second-order valence-electron chi connectivity index (χ2n) is 21.4. The van der Waals surface area contributed by atoms with Crippen LogP contribution in [0.15, 0.2) is 77.8 Å². The zero-order valence-corrected chi connectivity index (χ0v) is 45.1. The lowest BCUT2D eigenvalue weighted by Crippen LogP contribution is -2.60. The summed E-state index contributed by atoms with van der Waals surface area (Å²) in [5, 5.41) is 19.8. The molecular weight excluding hydrogens is 979 g/mol. The summed E-state index contributed by atoms with van der Waals surface area (Å²) >= 11 is 3.12. The second kappa shape index (κ2) is 21.7. The number of fused-ring (bicyclic) bond motifs is 1. The number of nitrogens with one attached hydrogen (secondary N) is 3. The quantitative estimate of drug-likeness (QED) is 0.0800. The summed E-state index contributed by atoms with van der Waals surface area (Å²) in [5.74, 6) is -2.50. The molecular formula is C55H67N9O8S2. The van der Waals surface area contributed by atoms with Gasteiger partial charge in [-0.25, -0.2) is 9.97 Å². The molecule has 6 N–H and O–H groups in total. The van der Waals surface area contributed by atoms with Gasteiger partial charge in [-0.15, -0.1) is 22.7 Å². The number of thiazole rings is 2. The smallest absolute Gasteiger partial charge is 0.255 e. The molecule has 0 aliphatic carbocycles. The van der Waals surface area contributed by atoms with Crippen LogP contribution in [0.3, 0.4) is 0 Å². The van der Waals surface area contributed by atoms with Crippen molar-refractivity contribution in [2.24, 2.45) is 17.1 Å². The number of likely N-dealkylation sites (tertiary alicyclic amines) is 2. The Hall–Kier alpha value is -6.54. The van der Waals surface area contributed by atoms with Gasteiger partial charge in [0.25, 0.3) is 5.91 Å². The van der Waals surface area contributed by atoms with Crippen LogP contribution >= 0.6 is 22.7 Å². The van der Waals surface area contributed by atoms with Crippen LogP contribution in [0, 0.1) is 25.2 Å². The van der Waals surface area contributed by atoms with Crippen molar-refractivity contribution >= 4 is 58.1 Å². The minimum absolute atomic E-state index is 0.0278. The number of amides is 6. The number of aryl methyl sites for hydroxylation is 2. The number of β-amino-alcohol motifs (C(OH)–C–C–N with tert-alkyl or cyclic N) is 1. The van der Waals surface area contributed by atoms with Crippen molar-refractivity contribution in [3.8, 4) is 26.6 Å². The molecule has 0 saturated carbocycles. The average Bonchev–Trinajstić information content (AvgIpc) is 4.21. The monoisotopic (exact) mass is 1050 g/mol. The van der Waals surface area contributed by atoms with E-state index in [1.165, 1.54) is 21.6 Å². The van der Waals surface area contributed by atoms with E-state index >= 15 is 0 Å². The molecule has 6 amide bonds. The van der Waals surface area contributed by atoms with Gasteiger partial charge in [-0.1, -0.05) is 83.1 Å². The molecule has 0 spiro atoms. The van der Waals surface area contributed by atoms with Gasteiger partial charge in [0.1, 0.15) is 35.5 Å². The van der Waals surface area contributed by atoms with E-state index in [1.807, 2.05) is 97.0 Å². The fourth-order valence-electron chi connectivity index (χ4n) is 10.2. The molecule has 5 heterocycles. The third-order valence-electron chi connectivity index (χ3n) is 14.3. The number of ether oxygens (including phenoxy) is 1. The highest BCUT2D eigenvalue weighted by Crippen LogP contribution is 2.37. The van der Waals surface area contributed by atoms with E-state index in [0.29, 0.717) is 16.9 Å². The molecule has 392 valence electrons. The molecule has 17 nitrogen and oxygen atoms in total. The highest BCUT2D eigenvalue weighted by molar-refractivity contribution is 7.13. The van der Waals surface area contributed by atoms with Gasteiger partial charge in [0.2, 0.25) is 29.5 Å². The normalized spacial score (nSPS) is 20.8. The van der Waals surface area contributed by atoms with Crippen LogP contribution in [0.4, 0.5) is 0 Å². The maximum atomic E-state index is 14.8. The van der Waals surface area contributed by atoms with Crippen LogP contribution in [0.1, 0.15) is 99.7 Å². The summed E-state index contributed by atoms with van der Waals surface area (Å²) in [7, 11) is 0. The SMILES string of the molecule is Cc1ncsc1-c1ccc(CNC(=O)[C@@H]2C[C@@H](Oc3ccc4c(c3)CN([C@H](C(=O)N3C[C@H](O)CC3(C)C(=O)NCc3ccc(-c5scnc5C)cc3)C(C)C)C4=O)CN2C(=O)[C@@H](NC(=O)[C@H](C)N)C(C)(C)C)cc1. The molecule has 0 radical (unpaired) electrons. The molecule has 5 aromatic rings. The lowest BCUT2D eigenvalue weighted by molar-refractivity contribution is -0.148. The molecule has 19 heteroatoms. The third-order valence-corrected chi connectivity index (χ3v) is 16.3. The summed E-state index contributed by atoms with van der Waals surface area (Å²) in [5.41, 5.74) is 14.1. The first kappa shape index (κ1) is 53.7. The predicted molar refractivity (Wildman–Crippen MR) is 284 cm³/mol. The van der Waals surface area contributed by atoms with E-state index in [9.17, 15) is 33.9 Å². The van der Waals surface area contributed by atoms with E-state index < -0.39 is 71.0 Å². The van der Waals surface area contributed by atoms with Gasteiger partial charge < -0.3 is 46.2 Å². The second-order valence-corrected chi connectivity index (χ2v) is 23.1. The first-order valence-corrected chi connectivity index (χ1v) is 26.8. The van der Waals surface area contributed by atoms with Gasteiger partial charge in [0, 0.05) is 44.6 Å². The Labute approximate surface area is 440 Å². The first-order chi connectivity index (χ1) is 35.0. The Morgan fingerprint density at radius 1 is 0.851 bits per heavy atom. The number of benzene rings is 3. The third kappa shape index (κ3) is 11.3. The van der Waals surface area contributed by atoms with Gasteiger partial charge in [0.15, 0.2) is 0 Å². The van der Waals surface area contributed by atoms with E-state index in [4.69, 9.17) is 10.5 Å². The van der Waals surface area contributed by atoms with Crippen LogP contribution < -0.4 is 26.4 Å². The summed E-state index contributed by atoms with van der Waals surface area (Å²) < 4.78 is 6.56. The molecule has 2 saturated heterocycles. The number of nitrogens with two attached hydrogens (primary N) is 1. The Balaban J connectivity index is 0.960. The van der Waals surface area contributed by atoms with E-state index in [-0.39, 0.29) is 63.3 Å². The Kier molecular flexibility index (Phi) is 15.8. The number of aliphatic hydroxyl groups is 1. The molecule has 1 unspecified atom stereocenters. The predicted octanol–water partition coefficient (Wildman–Crippen LogP) is 5.74. The fourth-order valence-corrected chi connectivity index (χ4v) is 11.8. The summed E-state index contributed by atoms with van der Waals surface area (Å²) in [6, 6.07) is 17.0. The summed E-state index contributed by atoms with van der Waals surface area (Å²) in [6.07, 6.45) is -1.44. The van der Waals surface area contributed by atoms with Gasteiger partial charge in [-0.3, -0.25) is 28.8 Å². The standard InChI is InChI=1S/C55H67N9O8S2/c1-30(2)44(51(69)64-26-39(65)22-55(64,9)53(71)58-24-35-12-16-37(17-13-35)46-33(5)60-29-74-46)63-25-38-20-40(18-19-42(38)50(63)68)72-41-21-43(62(27-41)52(70)47(54(6,7)8)61-48(66)31(3)56)49(67)57-23-34-10-14-36(15-11-34)45-32(4)59-28-73-45/h10-20,28-31,39,41,43-44,47,65H,21-27,56H2,1-9H3,(H,57,67)(H,58,71)(H,61,66)/t31-,39+,41+,43-,44-,47+,55?/m0/s1. The molecule has 3 aliphatic heterocycles. The van der Waals surface area contributed by atoms with Crippen molar-refractivity contribution in [3.05, 3.63) is 111 Å². The number of aromatic nitrogens is 2. The number of carbonyl (C=O) groups excluding carboxylic acids is 6. The van der Waals surface area contributed by atoms with Crippen LogP contribution in [-0.4, -0.2) is 120 Å². The van der Waals surface area contributed by atoms with Gasteiger partial charge in [-0.2, -0.15) is 0 Å². The molecule has 0 bridgehead atoms. The van der Waals surface area contributed by atoms with Crippen LogP contribution in [-0.2, 0) is 43.6 Å². The van der Waals surface area contributed by atoms with Crippen molar-refractivity contribution in [3.63, 3.8) is 0 Å². The maximum absolute atomic E-state index is 14.8. The molecule has 2 fully saturated rings. The molecule has 8 rings (SSSR count). The van der Waals surface area contributed by atoms with Crippen molar-refractivity contribution in [2.75, 3.05) is 13.1 Å². The summed E-state index contributed by atoms with van der Waals surface area (Å²) in [4.78, 5) is 100.0. The average molecular weight is 1050 g/mol. The molecule has 74 heavy (non-hydrogen) atoms. The largest absolute Gasteiger partial charge is 0.488 e. The zero-order chi connectivity index (χ0) is 53.4. The van der Waals surface area contributed by atoms with Crippen molar-refractivity contribution < 1.29 is 38.6 Å². The number of hydrogen-bond acceptors (Lipinski definition) is 13. The van der Waals surface area contributed by atoms with Gasteiger partial charge >= 0.3 is 0 Å². The van der Waals surface area contributed by atoms with E-state index in [0.717, 1.165) is 43.4 Å². The van der Waals surface area contributed by atoms with E-state index in [1.54, 1.807) is 58.8 Å². The first-order valence-electron chi connectivity index (χ1n) is 25.0. The number of carbonyl (C=O) groups is 6. The Morgan fingerprint density at radius 2 is 1.43 bits per heavy atom. The Morgan fingerprint density at radius 3 is 1.96 bits per heavy atom. The summed E-state index contributed by atoms with van der Waals surface area (Å²) in [6.45, 7) is 16.8. The number of hydrogen-bond donors (Lipinski definition) is 5. The van der Waals surface area contributed by atoms with Crippen LogP contribution in [0.25, 0.3) is 20.9 Å². The highest BCUT2D eigenvalue weighted by Gasteiger charge is 2.53. The number of nitrogens with zero attached hydrogens (tertiary/aromatic N) is 5. The van der Waals surface area contributed by atoms with Crippen molar-refractivity contribution in [1.29, 1.82) is 0 Å². The molecule has 3 aromatic carbocycles.